The van der Waals surface area contributed by atoms with Crippen LogP contribution in [0.3, 0.4) is 0 Å². The number of hydrogen-bond acceptors (Lipinski definition) is 4. The van der Waals surface area contributed by atoms with Crippen LogP contribution in [-0.2, 0) is 14.8 Å². The van der Waals surface area contributed by atoms with E-state index in [4.69, 9.17) is 5.73 Å². The second-order valence-electron chi connectivity index (χ2n) is 5.51. The van der Waals surface area contributed by atoms with E-state index < -0.39 is 10.0 Å². The largest absolute Gasteiger partial charge is 0.330 e. The number of rotatable bonds is 6. The number of sulfonamides is 1. The fourth-order valence-electron chi connectivity index (χ4n) is 2.51. The van der Waals surface area contributed by atoms with Gasteiger partial charge in [0.15, 0.2) is 0 Å². The Kier molecular flexibility index (Phi) is 4.65. The van der Waals surface area contributed by atoms with Crippen LogP contribution in [0.5, 0.6) is 0 Å². The van der Waals surface area contributed by atoms with Crippen LogP contribution in [0.1, 0.15) is 25.7 Å². The van der Waals surface area contributed by atoms with Gasteiger partial charge in [-0.25, -0.2) is 13.1 Å². The Morgan fingerprint density at radius 1 is 1.29 bits per heavy atom. The van der Waals surface area contributed by atoms with Gasteiger partial charge in [-0.1, -0.05) is 6.42 Å². The van der Waals surface area contributed by atoms with Crippen LogP contribution in [0, 0.1) is 5.41 Å². The molecular weight excluding hydrogens is 290 g/mol. The quantitative estimate of drug-likeness (QED) is 0.731. The molecule has 0 saturated heterocycles. The second-order valence-corrected chi connectivity index (χ2v) is 7.40. The van der Waals surface area contributed by atoms with E-state index >= 15 is 0 Å². The van der Waals surface area contributed by atoms with Crippen molar-refractivity contribution in [2.75, 3.05) is 18.9 Å². The van der Waals surface area contributed by atoms with E-state index in [1.165, 1.54) is 19.2 Å². The first-order valence-corrected chi connectivity index (χ1v) is 8.43. The summed E-state index contributed by atoms with van der Waals surface area (Å²) in [5, 5.41) is 2.79. The average Bonchev–Trinajstić information content (AvgIpc) is 2.43. The molecule has 0 unspecified atom stereocenters. The van der Waals surface area contributed by atoms with Crippen molar-refractivity contribution in [1.82, 2.24) is 4.72 Å². The SMILES string of the molecule is CNS(=O)(=O)c1ccc(NC(=O)CC2(CN)CCC2)cc1. The molecule has 4 N–H and O–H groups in total. The number of carbonyl (C=O) groups is 1. The molecule has 1 fully saturated rings. The maximum absolute atomic E-state index is 12.0. The Morgan fingerprint density at radius 3 is 2.33 bits per heavy atom. The van der Waals surface area contributed by atoms with Gasteiger partial charge >= 0.3 is 0 Å². The lowest BCUT2D eigenvalue weighted by Gasteiger charge is -2.40. The number of benzene rings is 1. The molecule has 0 aliphatic heterocycles. The predicted molar refractivity (Wildman–Crippen MR) is 81.3 cm³/mol. The van der Waals surface area contributed by atoms with E-state index in [9.17, 15) is 13.2 Å². The van der Waals surface area contributed by atoms with Crippen molar-refractivity contribution in [1.29, 1.82) is 0 Å². The first-order valence-electron chi connectivity index (χ1n) is 6.94. The van der Waals surface area contributed by atoms with Crippen molar-refractivity contribution in [2.45, 2.75) is 30.6 Å². The van der Waals surface area contributed by atoms with Gasteiger partial charge < -0.3 is 11.1 Å². The molecule has 0 atom stereocenters. The number of anilines is 1. The summed E-state index contributed by atoms with van der Waals surface area (Å²) in [5.41, 5.74) is 6.28. The van der Waals surface area contributed by atoms with Gasteiger partial charge in [0.1, 0.15) is 0 Å². The van der Waals surface area contributed by atoms with E-state index in [0.29, 0.717) is 18.7 Å². The Hall–Kier alpha value is -1.44. The van der Waals surface area contributed by atoms with Gasteiger partial charge in [-0.3, -0.25) is 4.79 Å². The van der Waals surface area contributed by atoms with Crippen LogP contribution in [0.15, 0.2) is 29.2 Å². The fourth-order valence-corrected chi connectivity index (χ4v) is 3.24. The fraction of sp³-hybridized carbons (Fsp3) is 0.500. The van der Waals surface area contributed by atoms with E-state index in [1.54, 1.807) is 12.1 Å². The van der Waals surface area contributed by atoms with Gasteiger partial charge in [-0.2, -0.15) is 0 Å². The van der Waals surface area contributed by atoms with E-state index in [1.807, 2.05) is 0 Å². The number of nitrogens with two attached hydrogens (primary N) is 1. The van der Waals surface area contributed by atoms with Crippen LogP contribution in [-0.4, -0.2) is 27.9 Å². The van der Waals surface area contributed by atoms with Crippen LogP contribution in [0.25, 0.3) is 0 Å². The summed E-state index contributed by atoms with van der Waals surface area (Å²) in [5.74, 6) is -0.0793. The van der Waals surface area contributed by atoms with E-state index in [-0.39, 0.29) is 16.2 Å². The molecule has 0 heterocycles. The maximum atomic E-state index is 12.0. The third-order valence-corrected chi connectivity index (χ3v) is 5.53. The maximum Gasteiger partial charge on any atom is 0.240 e. The van der Waals surface area contributed by atoms with Crippen molar-refractivity contribution in [3.05, 3.63) is 24.3 Å². The van der Waals surface area contributed by atoms with E-state index in [0.717, 1.165) is 19.3 Å². The third-order valence-electron chi connectivity index (χ3n) is 4.10. The molecule has 0 spiro atoms. The molecule has 6 nitrogen and oxygen atoms in total. The normalized spacial score (nSPS) is 17.0. The van der Waals surface area contributed by atoms with Crippen LogP contribution in [0.4, 0.5) is 5.69 Å². The van der Waals surface area contributed by atoms with Crippen molar-refractivity contribution < 1.29 is 13.2 Å². The molecule has 7 heteroatoms. The highest BCUT2D eigenvalue weighted by Gasteiger charge is 2.37. The molecule has 0 bridgehead atoms. The Labute approximate surface area is 125 Å². The molecule has 1 aliphatic carbocycles. The lowest BCUT2D eigenvalue weighted by molar-refractivity contribution is -0.119. The van der Waals surface area contributed by atoms with Gasteiger partial charge in [0.2, 0.25) is 15.9 Å². The zero-order valence-corrected chi connectivity index (χ0v) is 12.9. The molecule has 1 amide bonds. The Morgan fingerprint density at radius 2 is 1.90 bits per heavy atom. The molecule has 116 valence electrons. The average molecular weight is 311 g/mol. The monoisotopic (exact) mass is 311 g/mol. The molecule has 1 saturated carbocycles. The molecule has 2 rings (SSSR count). The lowest BCUT2D eigenvalue weighted by Crippen LogP contribution is -2.40. The standard InChI is InChI=1S/C14H21N3O3S/c1-16-21(19,20)12-5-3-11(4-6-12)17-13(18)9-14(10-15)7-2-8-14/h3-6,16H,2,7-10,15H2,1H3,(H,17,18). The topological polar surface area (TPSA) is 101 Å². The van der Waals surface area contributed by atoms with Crippen LogP contribution in [0.2, 0.25) is 0 Å². The second kappa shape index (κ2) is 6.13. The number of nitrogens with one attached hydrogen (secondary N) is 2. The first kappa shape index (κ1) is 15.9. The number of amides is 1. The minimum atomic E-state index is -3.45. The summed E-state index contributed by atoms with van der Waals surface area (Å²) >= 11 is 0. The predicted octanol–water partition coefficient (Wildman–Crippen LogP) is 1.05. The smallest absolute Gasteiger partial charge is 0.240 e. The molecule has 0 aromatic heterocycles. The third kappa shape index (κ3) is 3.61. The Bertz CT molecular complexity index is 601. The van der Waals surface area contributed by atoms with Gasteiger partial charge in [0, 0.05) is 12.1 Å². The Balaban J connectivity index is 1.99. The van der Waals surface area contributed by atoms with E-state index in [2.05, 4.69) is 10.0 Å². The molecular formula is C14H21N3O3S. The van der Waals surface area contributed by atoms with Crippen molar-refractivity contribution in [3.63, 3.8) is 0 Å². The summed E-state index contributed by atoms with van der Waals surface area (Å²) < 4.78 is 25.4. The first-order chi connectivity index (χ1) is 9.91. The van der Waals surface area contributed by atoms with Crippen molar-refractivity contribution in [3.8, 4) is 0 Å². The highest BCUT2D eigenvalue weighted by molar-refractivity contribution is 7.89. The van der Waals surface area contributed by atoms with Gasteiger partial charge in [0.25, 0.3) is 0 Å². The van der Waals surface area contributed by atoms with Crippen LogP contribution >= 0.6 is 0 Å². The zero-order chi connectivity index (χ0) is 15.5. The molecule has 1 aromatic rings. The summed E-state index contributed by atoms with van der Waals surface area (Å²) in [7, 11) is -2.09. The van der Waals surface area contributed by atoms with Crippen molar-refractivity contribution >= 4 is 21.6 Å². The molecule has 21 heavy (non-hydrogen) atoms. The highest BCUT2D eigenvalue weighted by atomic mass is 32.2. The molecule has 1 aliphatic rings. The number of carbonyl (C=O) groups excluding carboxylic acids is 1. The molecule has 1 aromatic carbocycles. The summed E-state index contributed by atoms with van der Waals surface area (Å²) in [4.78, 5) is 12.2. The lowest BCUT2D eigenvalue weighted by atomic mass is 9.66. The minimum absolute atomic E-state index is 0.0422. The summed E-state index contributed by atoms with van der Waals surface area (Å²) in [6.07, 6.45) is 3.54. The van der Waals surface area contributed by atoms with Gasteiger partial charge in [-0.05, 0) is 56.1 Å². The zero-order valence-electron chi connectivity index (χ0n) is 12.1. The summed E-state index contributed by atoms with van der Waals surface area (Å²) in [6, 6.07) is 6.09. The van der Waals surface area contributed by atoms with Gasteiger partial charge in [-0.15, -0.1) is 0 Å². The minimum Gasteiger partial charge on any atom is -0.330 e. The highest BCUT2D eigenvalue weighted by Crippen LogP contribution is 2.43. The number of hydrogen-bond donors (Lipinski definition) is 3. The van der Waals surface area contributed by atoms with Gasteiger partial charge in [0.05, 0.1) is 4.90 Å². The van der Waals surface area contributed by atoms with Crippen LogP contribution < -0.4 is 15.8 Å². The van der Waals surface area contributed by atoms with Crippen molar-refractivity contribution in [2.24, 2.45) is 11.1 Å². The summed E-state index contributed by atoms with van der Waals surface area (Å²) in [6.45, 7) is 0.528. The molecule has 0 radical (unpaired) electrons.